The van der Waals surface area contributed by atoms with Crippen molar-refractivity contribution in [2.75, 3.05) is 0 Å². The Hall–Kier alpha value is -1.24. The Balaban J connectivity index is 2.80. The van der Waals surface area contributed by atoms with Gasteiger partial charge in [-0.25, -0.2) is 0 Å². The number of hydrogen-bond acceptors (Lipinski definition) is 1. The zero-order valence-electron chi connectivity index (χ0n) is 8.50. The summed E-state index contributed by atoms with van der Waals surface area (Å²) in [5.41, 5.74) is 1.18. The molecule has 0 heterocycles. The zero-order chi connectivity index (χ0) is 9.68. The van der Waals surface area contributed by atoms with E-state index in [1.165, 1.54) is 5.56 Å². The van der Waals surface area contributed by atoms with E-state index in [1.54, 1.807) is 0 Å². The smallest absolute Gasteiger partial charge is 0.129 e. The molecule has 13 heavy (non-hydrogen) atoms. The molecule has 0 radical (unpaired) electrons. The third kappa shape index (κ3) is 2.62. The molecular formula is C12H16O. The first-order chi connectivity index (χ1) is 6.27. The lowest BCUT2D eigenvalue weighted by Gasteiger charge is -2.09. The number of aryl methyl sites for hydroxylation is 1. The number of benzene rings is 1. The Kier molecular flexibility index (Phi) is 3.56. The van der Waals surface area contributed by atoms with Gasteiger partial charge in [-0.2, -0.15) is 0 Å². The summed E-state index contributed by atoms with van der Waals surface area (Å²) < 4.78 is 5.70. The molecule has 70 valence electrons. The number of para-hydroxylation sites is 1. The van der Waals surface area contributed by atoms with Crippen LogP contribution in [-0.2, 0) is 0 Å². The molecule has 0 bridgehead atoms. The molecule has 0 aliphatic heterocycles. The Morgan fingerprint density at radius 2 is 2.08 bits per heavy atom. The van der Waals surface area contributed by atoms with Crippen molar-refractivity contribution in [1.82, 2.24) is 0 Å². The Morgan fingerprint density at radius 1 is 1.38 bits per heavy atom. The van der Waals surface area contributed by atoms with E-state index >= 15 is 0 Å². The first-order valence-electron chi connectivity index (χ1n) is 4.66. The number of hydrogen-bond donors (Lipinski definition) is 0. The lowest BCUT2D eigenvalue weighted by atomic mass is 10.2. The summed E-state index contributed by atoms with van der Waals surface area (Å²) in [7, 11) is 0. The van der Waals surface area contributed by atoms with Crippen molar-refractivity contribution >= 4 is 0 Å². The molecule has 1 rings (SSSR count). The summed E-state index contributed by atoms with van der Waals surface area (Å²) in [5, 5.41) is 0. The van der Waals surface area contributed by atoms with Gasteiger partial charge in [-0.05, 0) is 31.6 Å². The molecule has 1 heteroatoms. The standard InChI is InChI=1S/C12H16O/c1-4-11(5-2)13-12-9-7-6-8-10(12)3/h4,6-9H,5H2,1-3H3. The van der Waals surface area contributed by atoms with Crippen LogP contribution in [0.1, 0.15) is 25.8 Å². The van der Waals surface area contributed by atoms with Gasteiger partial charge < -0.3 is 4.74 Å². The minimum atomic E-state index is 0.935. The normalized spacial score (nSPS) is 11.5. The van der Waals surface area contributed by atoms with Crippen LogP contribution in [0.2, 0.25) is 0 Å². The molecule has 0 aliphatic rings. The van der Waals surface area contributed by atoms with Crippen LogP contribution in [0.4, 0.5) is 0 Å². The van der Waals surface area contributed by atoms with Gasteiger partial charge in [-0.15, -0.1) is 0 Å². The zero-order valence-corrected chi connectivity index (χ0v) is 8.50. The maximum Gasteiger partial charge on any atom is 0.129 e. The van der Waals surface area contributed by atoms with E-state index in [9.17, 15) is 0 Å². The molecule has 1 aromatic rings. The van der Waals surface area contributed by atoms with Crippen molar-refractivity contribution in [2.24, 2.45) is 0 Å². The van der Waals surface area contributed by atoms with E-state index in [2.05, 4.69) is 19.9 Å². The van der Waals surface area contributed by atoms with Crippen molar-refractivity contribution < 1.29 is 4.74 Å². The van der Waals surface area contributed by atoms with Gasteiger partial charge in [0.05, 0.1) is 5.76 Å². The van der Waals surface area contributed by atoms with Gasteiger partial charge in [0.1, 0.15) is 5.75 Å². The molecule has 0 aliphatic carbocycles. The highest BCUT2D eigenvalue weighted by Crippen LogP contribution is 2.19. The molecule has 0 aromatic heterocycles. The second kappa shape index (κ2) is 4.70. The maximum absolute atomic E-state index is 5.70. The number of ether oxygens (including phenoxy) is 1. The van der Waals surface area contributed by atoms with E-state index in [4.69, 9.17) is 4.74 Å². The van der Waals surface area contributed by atoms with Gasteiger partial charge in [0, 0.05) is 6.42 Å². The van der Waals surface area contributed by atoms with Gasteiger partial charge in [-0.3, -0.25) is 0 Å². The van der Waals surface area contributed by atoms with Crippen molar-refractivity contribution in [3.63, 3.8) is 0 Å². The summed E-state index contributed by atoms with van der Waals surface area (Å²) in [5.74, 6) is 1.98. The second-order valence-electron chi connectivity index (χ2n) is 2.98. The average Bonchev–Trinajstić information content (AvgIpc) is 2.17. The predicted octanol–water partition coefficient (Wildman–Crippen LogP) is 3.69. The van der Waals surface area contributed by atoms with E-state index in [0.717, 1.165) is 17.9 Å². The predicted molar refractivity (Wildman–Crippen MR) is 55.9 cm³/mol. The van der Waals surface area contributed by atoms with Gasteiger partial charge in [0.2, 0.25) is 0 Å². The first kappa shape index (κ1) is 9.85. The largest absolute Gasteiger partial charge is 0.462 e. The van der Waals surface area contributed by atoms with Crippen molar-refractivity contribution in [1.29, 1.82) is 0 Å². The van der Waals surface area contributed by atoms with Crippen molar-refractivity contribution in [2.45, 2.75) is 27.2 Å². The van der Waals surface area contributed by atoms with Crippen LogP contribution in [-0.4, -0.2) is 0 Å². The summed E-state index contributed by atoms with van der Waals surface area (Å²) in [4.78, 5) is 0. The Bertz CT molecular complexity index is 300. The second-order valence-corrected chi connectivity index (χ2v) is 2.98. The van der Waals surface area contributed by atoms with Crippen LogP contribution >= 0.6 is 0 Å². The summed E-state index contributed by atoms with van der Waals surface area (Å²) in [6.45, 7) is 6.14. The highest BCUT2D eigenvalue weighted by Gasteiger charge is 1.99. The molecule has 0 unspecified atom stereocenters. The summed E-state index contributed by atoms with van der Waals surface area (Å²) >= 11 is 0. The first-order valence-corrected chi connectivity index (χ1v) is 4.66. The van der Waals surface area contributed by atoms with Crippen LogP contribution < -0.4 is 4.74 Å². The lowest BCUT2D eigenvalue weighted by molar-refractivity contribution is 0.405. The molecule has 0 saturated heterocycles. The van der Waals surface area contributed by atoms with Crippen LogP contribution in [0, 0.1) is 6.92 Å². The van der Waals surface area contributed by atoms with Crippen molar-refractivity contribution in [3.8, 4) is 5.75 Å². The topological polar surface area (TPSA) is 9.23 Å². The summed E-state index contributed by atoms with van der Waals surface area (Å²) in [6.07, 6.45) is 2.94. The molecule has 0 fully saturated rings. The highest BCUT2D eigenvalue weighted by atomic mass is 16.5. The summed E-state index contributed by atoms with van der Waals surface area (Å²) in [6, 6.07) is 8.06. The van der Waals surface area contributed by atoms with Crippen LogP contribution in [0.15, 0.2) is 36.1 Å². The maximum atomic E-state index is 5.70. The fraction of sp³-hybridized carbons (Fsp3) is 0.333. The highest BCUT2D eigenvalue weighted by molar-refractivity contribution is 5.33. The molecule has 1 nitrogen and oxygen atoms in total. The third-order valence-electron chi connectivity index (χ3n) is 2.01. The lowest BCUT2D eigenvalue weighted by Crippen LogP contribution is -1.94. The average molecular weight is 176 g/mol. The molecule has 0 atom stereocenters. The van der Waals surface area contributed by atoms with Gasteiger partial charge >= 0.3 is 0 Å². The van der Waals surface area contributed by atoms with E-state index < -0.39 is 0 Å². The molecule has 0 saturated carbocycles. The minimum absolute atomic E-state index is 0.935. The Labute approximate surface area is 80.0 Å². The molecule has 1 aromatic carbocycles. The fourth-order valence-corrected chi connectivity index (χ4v) is 1.15. The quantitative estimate of drug-likeness (QED) is 0.638. The Morgan fingerprint density at radius 3 is 2.62 bits per heavy atom. The van der Waals surface area contributed by atoms with Crippen LogP contribution in [0.5, 0.6) is 5.75 Å². The number of allylic oxidation sites excluding steroid dienone is 2. The molecule has 0 spiro atoms. The van der Waals surface area contributed by atoms with Gasteiger partial charge in [-0.1, -0.05) is 25.1 Å². The SMILES string of the molecule is CC=C(CC)Oc1ccccc1C. The van der Waals surface area contributed by atoms with Crippen molar-refractivity contribution in [3.05, 3.63) is 41.7 Å². The minimum Gasteiger partial charge on any atom is -0.462 e. The van der Waals surface area contributed by atoms with Gasteiger partial charge in [0.25, 0.3) is 0 Å². The molecule has 0 amide bonds. The molecule has 0 N–H and O–H groups in total. The molecular weight excluding hydrogens is 160 g/mol. The van der Waals surface area contributed by atoms with Crippen LogP contribution in [0.3, 0.4) is 0 Å². The van der Waals surface area contributed by atoms with Gasteiger partial charge in [0.15, 0.2) is 0 Å². The van der Waals surface area contributed by atoms with E-state index in [0.29, 0.717) is 0 Å². The third-order valence-corrected chi connectivity index (χ3v) is 2.01. The van der Waals surface area contributed by atoms with E-state index in [-0.39, 0.29) is 0 Å². The fourth-order valence-electron chi connectivity index (χ4n) is 1.15. The van der Waals surface area contributed by atoms with E-state index in [1.807, 2.05) is 31.2 Å². The van der Waals surface area contributed by atoms with Crippen LogP contribution in [0.25, 0.3) is 0 Å². The number of rotatable bonds is 3. The monoisotopic (exact) mass is 176 g/mol.